The number of aliphatic carboxylic acids is 1. The number of fused-ring (bicyclic) bond motifs is 1. The third-order valence-electron chi connectivity index (χ3n) is 8.99. The van der Waals surface area contributed by atoms with Crippen LogP contribution in [0.15, 0.2) is 36.4 Å². The van der Waals surface area contributed by atoms with Crippen LogP contribution in [0.2, 0.25) is 5.02 Å². The van der Waals surface area contributed by atoms with Gasteiger partial charge >= 0.3 is 12.0 Å². The van der Waals surface area contributed by atoms with Crippen molar-refractivity contribution in [1.82, 2.24) is 14.7 Å². The zero-order valence-corrected chi connectivity index (χ0v) is 25.1. The molecule has 5 rings (SSSR count). The highest BCUT2D eigenvalue weighted by Gasteiger charge is 2.33. The fourth-order valence-corrected chi connectivity index (χ4v) is 6.80. The molecular formula is C32H40ClN3O6. The third kappa shape index (κ3) is 6.84. The van der Waals surface area contributed by atoms with Crippen LogP contribution in [-0.2, 0) is 22.6 Å². The Labute approximate surface area is 252 Å². The maximum absolute atomic E-state index is 12.4. The molecule has 3 amide bonds. The molecule has 0 bridgehead atoms. The summed E-state index contributed by atoms with van der Waals surface area (Å²) in [6.45, 7) is 2.39. The number of urea groups is 1. The van der Waals surface area contributed by atoms with Gasteiger partial charge in [-0.3, -0.25) is 19.4 Å². The molecule has 226 valence electrons. The molecule has 2 aliphatic carbocycles. The van der Waals surface area contributed by atoms with Gasteiger partial charge in [-0.05, 0) is 85.4 Å². The highest BCUT2D eigenvalue weighted by molar-refractivity contribution is 6.30. The minimum Gasteiger partial charge on any atom is -0.493 e. The van der Waals surface area contributed by atoms with Crippen LogP contribution >= 0.6 is 11.6 Å². The molecule has 1 aliphatic heterocycles. The Morgan fingerprint density at radius 1 is 1.05 bits per heavy atom. The highest BCUT2D eigenvalue weighted by Crippen LogP contribution is 2.40. The molecule has 1 saturated heterocycles. The second kappa shape index (κ2) is 13.3. The van der Waals surface area contributed by atoms with Crippen LogP contribution in [0.25, 0.3) is 0 Å². The van der Waals surface area contributed by atoms with Gasteiger partial charge in [0.25, 0.3) is 0 Å². The Kier molecular flexibility index (Phi) is 9.58. The number of carbonyl (C=O) groups is 3. The van der Waals surface area contributed by atoms with Crippen molar-refractivity contribution < 1.29 is 29.0 Å². The number of carboxylic acids is 1. The van der Waals surface area contributed by atoms with Gasteiger partial charge in [-0.2, -0.15) is 0 Å². The summed E-state index contributed by atoms with van der Waals surface area (Å²) < 4.78 is 11.6. The van der Waals surface area contributed by atoms with Crippen LogP contribution in [0, 0.1) is 11.8 Å². The molecule has 1 heterocycles. The number of methoxy groups -OCH3 is 1. The third-order valence-corrected chi connectivity index (χ3v) is 9.22. The van der Waals surface area contributed by atoms with Crippen molar-refractivity contribution >= 4 is 29.5 Å². The number of halogens is 1. The molecule has 2 fully saturated rings. The summed E-state index contributed by atoms with van der Waals surface area (Å²) in [5.41, 5.74) is 3.70. The highest BCUT2D eigenvalue weighted by atomic mass is 35.5. The average molecular weight is 598 g/mol. The van der Waals surface area contributed by atoms with Crippen LogP contribution in [0.5, 0.6) is 11.5 Å². The SMILES string of the molecule is COc1cc(CN(CC2CCC(C(=O)O)CC2)C2CCc3cc(Cl)ccc32)ccc1OCCN1C(=O)CCN(C)C1=O. The molecular weight excluding hydrogens is 558 g/mol. The van der Waals surface area contributed by atoms with Gasteiger partial charge in [0, 0.05) is 44.2 Å². The van der Waals surface area contributed by atoms with Crippen molar-refractivity contribution in [1.29, 1.82) is 0 Å². The molecule has 1 N–H and O–H groups in total. The van der Waals surface area contributed by atoms with E-state index in [1.54, 1.807) is 14.2 Å². The lowest BCUT2D eigenvalue weighted by atomic mass is 9.81. The number of ether oxygens (including phenoxy) is 2. The van der Waals surface area contributed by atoms with Crippen LogP contribution in [0.3, 0.4) is 0 Å². The summed E-state index contributed by atoms with van der Waals surface area (Å²) in [7, 11) is 3.29. The predicted molar refractivity (Wildman–Crippen MR) is 159 cm³/mol. The molecule has 0 radical (unpaired) electrons. The number of aryl methyl sites for hydroxylation is 1. The number of nitrogens with zero attached hydrogens (tertiary/aromatic N) is 3. The monoisotopic (exact) mass is 597 g/mol. The van der Waals surface area contributed by atoms with E-state index in [0.717, 1.165) is 55.7 Å². The minimum atomic E-state index is -0.678. The second-order valence-corrected chi connectivity index (χ2v) is 12.2. The summed E-state index contributed by atoms with van der Waals surface area (Å²) in [6.07, 6.45) is 5.61. The van der Waals surface area contributed by atoms with Crippen molar-refractivity contribution in [3.8, 4) is 11.5 Å². The van der Waals surface area contributed by atoms with E-state index in [0.29, 0.717) is 36.9 Å². The lowest BCUT2D eigenvalue weighted by Crippen LogP contribution is -2.51. The van der Waals surface area contributed by atoms with Crippen LogP contribution in [0.4, 0.5) is 4.79 Å². The zero-order chi connectivity index (χ0) is 29.8. The van der Waals surface area contributed by atoms with E-state index >= 15 is 0 Å². The maximum Gasteiger partial charge on any atom is 0.326 e. The molecule has 1 saturated carbocycles. The number of imide groups is 1. The van der Waals surface area contributed by atoms with E-state index in [1.165, 1.54) is 20.9 Å². The molecule has 0 spiro atoms. The van der Waals surface area contributed by atoms with Gasteiger partial charge in [0.15, 0.2) is 11.5 Å². The first-order valence-corrected chi connectivity index (χ1v) is 15.2. The van der Waals surface area contributed by atoms with Gasteiger partial charge in [0.2, 0.25) is 5.91 Å². The Hall–Kier alpha value is -3.30. The summed E-state index contributed by atoms with van der Waals surface area (Å²) in [5, 5.41) is 10.2. The topological polar surface area (TPSA) is 99.6 Å². The first kappa shape index (κ1) is 30.2. The molecule has 0 aromatic heterocycles. The molecule has 1 unspecified atom stereocenters. The average Bonchev–Trinajstić information content (AvgIpc) is 3.40. The fourth-order valence-electron chi connectivity index (χ4n) is 6.61. The Morgan fingerprint density at radius 3 is 2.57 bits per heavy atom. The van der Waals surface area contributed by atoms with E-state index in [1.807, 2.05) is 24.3 Å². The first-order chi connectivity index (χ1) is 20.2. The van der Waals surface area contributed by atoms with Gasteiger partial charge in [-0.15, -0.1) is 0 Å². The second-order valence-electron chi connectivity index (χ2n) is 11.7. The summed E-state index contributed by atoms with van der Waals surface area (Å²) >= 11 is 6.30. The van der Waals surface area contributed by atoms with Crippen molar-refractivity contribution in [2.75, 3.05) is 40.4 Å². The molecule has 3 aliphatic rings. The number of amides is 3. The number of hydrogen-bond acceptors (Lipinski definition) is 6. The Morgan fingerprint density at radius 2 is 1.83 bits per heavy atom. The summed E-state index contributed by atoms with van der Waals surface area (Å²) in [4.78, 5) is 41.4. The number of hydrogen-bond donors (Lipinski definition) is 1. The van der Waals surface area contributed by atoms with Gasteiger partial charge < -0.3 is 19.5 Å². The zero-order valence-electron chi connectivity index (χ0n) is 24.4. The molecule has 2 aromatic rings. The van der Waals surface area contributed by atoms with E-state index in [2.05, 4.69) is 17.0 Å². The Bertz CT molecular complexity index is 1310. The normalized spacial score (nSPS) is 22.4. The van der Waals surface area contributed by atoms with Crippen molar-refractivity contribution in [2.24, 2.45) is 11.8 Å². The first-order valence-electron chi connectivity index (χ1n) is 14.8. The molecule has 9 nitrogen and oxygen atoms in total. The van der Waals surface area contributed by atoms with E-state index < -0.39 is 5.97 Å². The van der Waals surface area contributed by atoms with Crippen LogP contribution in [0.1, 0.15) is 61.3 Å². The van der Waals surface area contributed by atoms with E-state index in [-0.39, 0.29) is 37.0 Å². The standard InChI is InChI=1S/C32H40ClN3O6/c1-34-14-13-30(37)36(32(34)40)15-16-42-28-12-5-22(17-29(28)41-2)20-35(19-21-3-6-23(7-4-21)31(38)39)27-11-8-24-18-25(33)9-10-26(24)27/h5,9-10,12,17-18,21,23,27H,3-4,6-8,11,13-16,19-20H2,1-2H3,(H,38,39). The summed E-state index contributed by atoms with van der Waals surface area (Å²) in [6, 6.07) is 12.1. The molecule has 42 heavy (non-hydrogen) atoms. The van der Waals surface area contributed by atoms with Crippen molar-refractivity contribution in [2.45, 2.75) is 57.5 Å². The smallest absolute Gasteiger partial charge is 0.326 e. The van der Waals surface area contributed by atoms with Gasteiger partial charge in [-0.1, -0.05) is 23.7 Å². The minimum absolute atomic E-state index is 0.174. The lowest BCUT2D eigenvalue weighted by molar-refractivity contribution is -0.143. The number of carbonyl (C=O) groups excluding carboxylic acids is 2. The largest absolute Gasteiger partial charge is 0.493 e. The molecule has 2 aromatic carbocycles. The van der Waals surface area contributed by atoms with Crippen molar-refractivity contribution in [3.63, 3.8) is 0 Å². The van der Waals surface area contributed by atoms with E-state index in [9.17, 15) is 19.5 Å². The number of benzene rings is 2. The molecule has 1 atom stereocenters. The van der Waals surface area contributed by atoms with Gasteiger partial charge in [0.05, 0.1) is 19.6 Å². The van der Waals surface area contributed by atoms with Crippen LogP contribution in [-0.4, -0.2) is 78.1 Å². The Balaban J connectivity index is 1.28. The van der Waals surface area contributed by atoms with E-state index in [4.69, 9.17) is 21.1 Å². The van der Waals surface area contributed by atoms with Crippen LogP contribution < -0.4 is 9.47 Å². The summed E-state index contributed by atoms with van der Waals surface area (Å²) in [5.74, 6) is 0.514. The predicted octanol–water partition coefficient (Wildman–Crippen LogP) is 5.39. The maximum atomic E-state index is 12.4. The fraction of sp³-hybridized carbons (Fsp3) is 0.531. The van der Waals surface area contributed by atoms with Gasteiger partial charge in [-0.25, -0.2) is 4.79 Å². The van der Waals surface area contributed by atoms with Crippen molar-refractivity contribution in [3.05, 3.63) is 58.1 Å². The number of rotatable bonds is 11. The number of carboxylic acid groups (broad SMARTS) is 1. The van der Waals surface area contributed by atoms with Gasteiger partial charge in [0.1, 0.15) is 6.61 Å². The molecule has 10 heteroatoms. The quantitative estimate of drug-likeness (QED) is 0.371. The lowest BCUT2D eigenvalue weighted by Gasteiger charge is -2.35.